The lowest BCUT2D eigenvalue weighted by atomic mass is 10.1. The third-order valence-corrected chi connectivity index (χ3v) is 2.28. The molecule has 1 aromatic carbocycles. The van der Waals surface area contributed by atoms with Gasteiger partial charge in [-0.1, -0.05) is 12.1 Å². The van der Waals surface area contributed by atoms with Crippen molar-refractivity contribution in [1.82, 2.24) is 0 Å². The molecule has 1 amide bonds. The number of aliphatic hydroxyl groups is 1. The molecule has 3 N–H and O–H groups in total. The van der Waals surface area contributed by atoms with Crippen molar-refractivity contribution in [2.24, 2.45) is 5.73 Å². The van der Waals surface area contributed by atoms with Crippen molar-refractivity contribution in [3.63, 3.8) is 0 Å². The van der Waals surface area contributed by atoms with Crippen molar-refractivity contribution in [2.75, 3.05) is 6.61 Å². The van der Waals surface area contributed by atoms with Crippen molar-refractivity contribution in [3.8, 4) is 5.75 Å². The van der Waals surface area contributed by atoms with Crippen molar-refractivity contribution in [1.29, 1.82) is 0 Å². The first-order valence-corrected chi connectivity index (χ1v) is 5.41. The molecule has 0 saturated carbocycles. The fourth-order valence-electron chi connectivity index (χ4n) is 1.45. The normalized spacial score (nSPS) is 13.8. The van der Waals surface area contributed by atoms with Crippen LogP contribution >= 0.6 is 0 Å². The van der Waals surface area contributed by atoms with Gasteiger partial charge in [0.05, 0.1) is 6.61 Å². The van der Waals surface area contributed by atoms with Crippen molar-refractivity contribution < 1.29 is 19.4 Å². The van der Waals surface area contributed by atoms with Crippen molar-refractivity contribution in [2.45, 2.75) is 26.1 Å². The summed E-state index contributed by atoms with van der Waals surface area (Å²) in [7, 11) is 0. The van der Waals surface area contributed by atoms with Gasteiger partial charge in [0.15, 0.2) is 0 Å². The van der Waals surface area contributed by atoms with E-state index in [9.17, 15) is 9.90 Å². The first-order valence-electron chi connectivity index (χ1n) is 5.41. The molecule has 5 heteroatoms. The number of hydrogen-bond donors (Lipinski definition) is 2. The lowest BCUT2D eigenvalue weighted by Gasteiger charge is -2.18. The van der Waals surface area contributed by atoms with E-state index in [1.807, 2.05) is 6.92 Å². The van der Waals surface area contributed by atoms with E-state index in [0.29, 0.717) is 12.2 Å². The molecule has 94 valence electrons. The van der Waals surface area contributed by atoms with Gasteiger partial charge in [0, 0.05) is 0 Å². The molecule has 5 nitrogen and oxygen atoms in total. The van der Waals surface area contributed by atoms with E-state index in [0.717, 1.165) is 5.75 Å². The number of aliphatic hydroxyl groups excluding tert-OH is 1. The van der Waals surface area contributed by atoms with Crippen LogP contribution in [0, 0.1) is 0 Å². The molecule has 0 fully saturated rings. The Balaban J connectivity index is 2.68. The Labute approximate surface area is 100 Å². The zero-order valence-corrected chi connectivity index (χ0v) is 9.92. The van der Waals surface area contributed by atoms with Gasteiger partial charge in [0.25, 0.3) is 0 Å². The SMILES string of the molecule is CCOc1ccc([C@@H](O)C(C)OC(N)=O)cc1. The van der Waals surface area contributed by atoms with Gasteiger partial charge in [-0.3, -0.25) is 0 Å². The number of rotatable bonds is 5. The topological polar surface area (TPSA) is 81.8 Å². The fourth-order valence-corrected chi connectivity index (χ4v) is 1.45. The van der Waals surface area contributed by atoms with Crippen LogP contribution in [0.3, 0.4) is 0 Å². The number of ether oxygens (including phenoxy) is 2. The van der Waals surface area contributed by atoms with Gasteiger partial charge in [-0.15, -0.1) is 0 Å². The Morgan fingerprint density at radius 1 is 1.41 bits per heavy atom. The van der Waals surface area contributed by atoms with E-state index >= 15 is 0 Å². The van der Waals surface area contributed by atoms with E-state index in [1.54, 1.807) is 31.2 Å². The first-order chi connectivity index (χ1) is 8.04. The van der Waals surface area contributed by atoms with Gasteiger partial charge in [-0.2, -0.15) is 0 Å². The Bertz CT molecular complexity index is 363. The van der Waals surface area contributed by atoms with Gasteiger partial charge in [-0.05, 0) is 31.5 Å². The highest BCUT2D eigenvalue weighted by Gasteiger charge is 2.19. The predicted octanol–water partition coefficient (Wildman–Crippen LogP) is 1.60. The molecular formula is C12H17NO4. The number of nitrogens with two attached hydrogens (primary N) is 1. The van der Waals surface area contributed by atoms with Gasteiger partial charge in [-0.25, -0.2) is 4.79 Å². The van der Waals surface area contributed by atoms with Crippen LogP contribution < -0.4 is 10.5 Å². The number of hydrogen-bond acceptors (Lipinski definition) is 4. The lowest BCUT2D eigenvalue weighted by Crippen LogP contribution is -2.25. The summed E-state index contributed by atoms with van der Waals surface area (Å²) in [6.45, 7) is 4.06. The zero-order chi connectivity index (χ0) is 12.8. The van der Waals surface area contributed by atoms with Crippen LogP contribution in [0.1, 0.15) is 25.5 Å². The van der Waals surface area contributed by atoms with Crippen LogP contribution in [-0.4, -0.2) is 23.9 Å². The maximum absolute atomic E-state index is 10.6. The van der Waals surface area contributed by atoms with E-state index in [4.69, 9.17) is 15.2 Å². The van der Waals surface area contributed by atoms with E-state index in [1.165, 1.54) is 0 Å². The third kappa shape index (κ3) is 3.96. The molecule has 1 unspecified atom stereocenters. The number of carbonyl (C=O) groups excluding carboxylic acids is 1. The maximum atomic E-state index is 10.6. The van der Waals surface area contributed by atoms with Crippen LogP contribution in [0.4, 0.5) is 4.79 Å². The smallest absolute Gasteiger partial charge is 0.404 e. The average molecular weight is 239 g/mol. The standard InChI is InChI=1S/C12H17NO4/c1-3-16-10-6-4-9(5-7-10)11(14)8(2)17-12(13)15/h4-8,11,14H,3H2,1-2H3,(H2,13,15)/t8?,11-/m0/s1. The fraction of sp³-hybridized carbons (Fsp3) is 0.417. The summed E-state index contributed by atoms with van der Waals surface area (Å²) in [5.74, 6) is 0.729. The summed E-state index contributed by atoms with van der Waals surface area (Å²) in [6, 6.07) is 6.94. The molecule has 0 saturated heterocycles. The van der Waals surface area contributed by atoms with Crippen LogP contribution in [0.5, 0.6) is 5.75 Å². The van der Waals surface area contributed by atoms with Gasteiger partial charge >= 0.3 is 6.09 Å². The minimum Gasteiger partial charge on any atom is -0.494 e. The molecule has 0 aromatic heterocycles. The van der Waals surface area contributed by atoms with Crippen LogP contribution in [0.25, 0.3) is 0 Å². The molecule has 1 rings (SSSR count). The summed E-state index contributed by atoms with van der Waals surface area (Å²) in [6.07, 6.45) is -2.49. The highest BCUT2D eigenvalue weighted by molar-refractivity contribution is 5.64. The molecule has 0 aliphatic heterocycles. The third-order valence-electron chi connectivity index (χ3n) is 2.28. The Kier molecular flexibility index (Phi) is 4.78. The molecule has 0 spiro atoms. The highest BCUT2D eigenvalue weighted by atomic mass is 16.6. The van der Waals surface area contributed by atoms with Crippen LogP contribution in [-0.2, 0) is 4.74 Å². The molecule has 0 radical (unpaired) electrons. The molecule has 0 heterocycles. The van der Waals surface area contributed by atoms with Crippen molar-refractivity contribution in [3.05, 3.63) is 29.8 Å². The molecule has 0 aliphatic rings. The first kappa shape index (κ1) is 13.3. The number of primary amides is 1. The zero-order valence-electron chi connectivity index (χ0n) is 9.92. The molecular weight excluding hydrogens is 222 g/mol. The molecule has 2 atom stereocenters. The molecule has 0 aliphatic carbocycles. The Hall–Kier alpha value is -1.75. The van der Waals surface area contributed by atoms with Crippen LogP contribution in [0.2, 0.25) is 0 Å². The minimum absolute atomic E-state index is 0.586. The quantitative estimate of drug-likeness (QED) is 0.817. The summed E-state index contributed by atoms with van der Waals surface area (Å²) >= 11 is 0. The second-order valence-corrected chi connectivity index (χ2v) is 3.59. The number of amides is 1. The number of carbonyl (C=O) groups is 1. The number of benzene rings is 1. The highest BCUT2D eigenvalue weighted by Crippen LogP contribution is 2.21. The second kappa shape index (κ2) is 6.10. The molecule has 0 bridgehead atoms. The minimum atomic E-state index is -0.904. The Morgan fingerprint density at radius 2 is 2.00 bits per heavy atom. The van der Waals surface area contributed by atoms with E-state index < -0.39 is 18.3 Å². The Morgan fingerprint density at radius 3 is 2.47 bits per heavy atom. The lowest BCUT2D eigenvalue weighted by molar-refractivity contribution is 0.0157. The summed E-state index contributed by atoms with van der Waals surface area (Å²) in [4.78, 5) is 10.6. The molecule has 17 heavy (non-hydrogen) atoms. The largest absolute Gasteiger partial charge is 0.494 e. The van der Waals surface area contributed by atoms with Crippen LogP contribution in [0.15, 0.2) is 24.3 Å². The summed E-state index contributed by atoms with van der Waals surface area (Å²) < 4.78 is 9.98. The average Bonchev–Trinajstić information content (AvgIpc) is 2.28. The summed E-state index contributed by atoms with van der Waals surface area (Å²) in [5, 5.41) is 9.89. The maximum Gasteiger partial charge on any atom is 0.404 e. The van der Waals surface area contributed by atoms with E-state index in [2.05, 4.69) is 0 Å². The van der Waals surface area contributed by atoms with Gasteiger partial charge in [0.2, 0.25) is 0 Å². The van der Waals surface area contributed by atoms with E-state index in [-0.39, 0.29) is 0 Å². The predicted molar refractivity (Wildman–Crippen MR) is 62.7 cm³/mol. The van der Waals surface area contributed by atoms with Gasteiger partial charge in [0.1, 0.15) is 18.0 Å². The van der Waals surface area contributed by atoms with Gasteiger partial charge < -0.3 is 20.3 Å². The summed E-state index contributed by atoms with van der Waals surface area (Å²) in [5.41, 5.74) is 5.52. The second-order valence-electron chi connectivity index (χ2n) is 3.59. The monoisotopic (exact) mass is 239 g/mol. The molecule has 1 aromatic rings. The van der Waals surface area contributed by atoms with Crippen molar-refractivity contribution >= 4 is 6.09 Å².